The van der Waals surface area contributed by atoms with E-state index < -0.39 is 0 Å². The summed E-state index contributed by atoms with van der Waals surface area (Å²) >= 11 is 6.48. The zero-order valence-electron chi connectivity index (χ0n) is 8.20. The summed E-state index contributed by atoms with van der Waals surface area (Å²) in [6.45, 7) is 0. The van der Waals surface area contributed by atoms with E-state index in [4.69, 9.17) is 0 Å². The fraction of sp³-hybridized carbons (Fsp3) is 0.200. The molecule has 3 nitrogen and oxygen atoms in total. The Morgan fingerprint density at radius 2 is 2.19 bits per heavy atom. The standard InChI is InChI=1S/C10H8Br2FN3/c11-4-3-7-6-16(15-14-7)8-1-2-10(13)9(12)5-8/h1-2,5-6H,3-4H2. The lowest BCUT2D eigenvalue weighted by Crippen LogP contribution is -1.95. The summed E-state index contributed by atoms with van der Waals surface area (Å²) in [7, 11) is 0. The highest BCUT2D eigenvalue weighted by molar-refractivity contribution is 9.10. The Balaban J connectivity index is 2.31. The molecule has 0 unspecified atom stereocenters. The largest absolute Gasteiger partial charge is 0.220 e. The highest BCUT2D eigenvalue weighted by atomic mass is 79.9. The lowest BCUT2D eigenvalue weighted by atomic mass is 10.3. The van der Waals surface area contributed by atoms with Gasteiger partial charge in [-0.05, 0) is 34.1 Å². The van der Waals surface area contributed by atoms with E-state index in [0.29, 0.717) is 4.47 Å². The van der Waals surface area contributed by atoms with Crippen molar-refractivity contribution in [3.05, 3.63) is 40.4 Å². The molecule has 0 spiro atoms. The van der Waals surface area contributed by atoms with E-state index in [-0.39, 0.29) is 5.82 Å². The molecule has 0 aliphatic heterocycles. The van der Waals surface area contributed by atoms with Crippen molar-refractivity contribution < 1.29 is 4.39 Å². The molecule has 0 atom stereocenters. The summed E-state index contributed by atoms with van der Waals surface area (Å²) < 4.78 is 15.1. The fourth-order valence-electron chi connectivity index (χ4n) is 1.26. The molecule has 16 heavy (non-hydrogen) atoms. The zero-order valence-corrected chi connectivity index (χ0v) is 11.4. The lowest BCUT2D eigenvalue weighted by Gasteiger charge is -2.00. The molecule has 0 radical (unpaired) electrons. The van der Waals surface area contributed by atoms with Gasteiger partial charge in [0.15, 0.2) is 0 Å². The van der Waals surface area contributed by atoms with Gasteiger partial charge in [0.1, 0.15) is 5.82 Å². The quantitative estimate of drug-likeness (QED) is 0.798. The molecule has 0 aliphatic carbocycles. The molecule has 0 bridgehead atoms. The lowest BCUT2D eigenvalue weighted by molar-refractivity contribution is 0.620. The van der Waals surface area contributed by atoms with E-state index in [1.165, 1.54) is 6.07 Å². The minimum Gasteiger partial charge on any atom is -0.220 e. The maximum Gasteiger partial charge on any atom is 0.137 e. The second-order valence-corrected chi connectivity index (χ2v) is 4.84. The minimum atomic E-state index is -0.287. The number of nitrogens with zero attached hydrogens (tertiary/aromatic N) is 3. The molecule has 84 valence electrons. The third-order valence-corrected chi connectivity index (χ3v) is 3.06. The van der Waals surface area contributed by atoms with Gasteiger partial charge in [-0.1, -0.05) is 21.1 Å². The van der Waals surface area contributed by atoms with Crippen LogP contribution in [0.4, 0.5) is 4.39 Å². The van der Waals surface area contributed by atoms with Gasteiger partial charge in [0.2, 0.25) is 0 Å². The number of alkyl halides is 1. The van der Waals surface area contributed by atoms with Crippen molar-refractivity contribution in [2.75, 3.05) is 5.33 Å². The molecule has 0 N–H and O–H groups in total. The number of benzene rings is 1. The molecule has 0 saturated carbocycles. The second kappa shape index (κ2) is 5.05. The Bertz CT molecular complexity index is 499. The Morgan fingerprint density at radius 1 is 1.38 bits per heavy atom. The van der Waals surface area contributed by atoms with Crippen molar-refractivity contribution in [2.24, 2.45) is 0 Å². The third kappa shape index (κ3) is 2.49. The predicted octanol–water partition coefficient (Wildman–Crippen LogP) is 3.11. The number of hydrogen-bond acceptors (Lipinski definition) is 2. The summed E-state index contributed by atoms with van der Waals surface area (Å²) in [6.07, 6.45) is 2.66. The van der Waals surface area contributed by atoms with Crippen LogP contribution in [0.5, 0.6) is 0 Å². The van der Waals surface area contributed by atoms with Gasteiger partial charge in [0.25, 0.3) is 0 Å². The topological polar surface area (TPSA) is 30.7 Å². The van der Waals surface area contributed by atoms with Gasteiger partial charge in [-0.2, -0.15) is 0 Å². The molecule has 2 rings (SSSR count). The van der Waals surface area contributed by atoms with Crippen molar-refractivity contribution in [2.45, 2.75) is 6.42 Å². The number of aromatic nitrogens is 3. The van der Waals surface area contributed by atoms with Crippen molar-refractivity contribution in [1.82, 2.24) is 15.0 Å². The van der Waals surface area contributed by atoms with Gasteiger partial charge in [-0.15, -0.1) is 5.10 Å². The van der Waals surface area contributed by atoms with Crippen molar-refractivity contribution in [1.29, 1.82) is 0 Å². The second-order valence-electron chi connectivity index (χ2n) is 3.19. The minimum absolute atomic E-state index is 0.287. The van der Waals surface area contributed by atoms with Gasteiger partial charge in [-0.3, -0.25) is 0 Å². The molecule has 0 aliphatic rings. The Hall–Kier alpha value is -0.750. The Labute approximate surface area is 109 Å². The van der Waals surface area contributed by atoms with Gasteiger partial charge in [0.05, 0.1) is 22.1 Å². The van der Waals surface area contributed by atoms with Crippen LogP contribution in [0.1, 0.15) is 5.69 Å². The van der Waals surface area contributed by atoms with Crippen LogP contribution in [0.2, 0.25) is 0 Å². The van der Waals surface area contributed by atoms with E-state index in [9.17, 15) is 4.39 Å². The maximum absolute atomic E-state index is 13.0. The molecule has 0 amide bonds. The van der Waals surface area contributed by atoms with Crippen molar-refractivity contribution in [3.8, 4) is 5.69 Å². The highest BCUT2D eigenvalue weighted by Gasteiger charge is 2.05. The first-order chi connectivity index (χ1) is 7.70. The van der Waals surface area contributed by atoms with E-state index >= 15 is 0 Å². The number of rotatable bonds is 3. The molecule has 1 aromatic heterocycles. The average Bonchev–Trinajstić information content (AvgIpc) is 2.71. The van der Waals surface area contributed by atoms with Crippen LogP contribution in [0, 0.1) is 5.82 Å². The zero-order chi connectivity index (χ0) is 11.5. The summed E-state index contributed by atoms with van der Waals surface area (Å²) in [6, 6.07) is 4.72. The first-order valence-corrected chi connectivity index (χ1v) is 6.55. The van der Waals surface area contributed by atoms with E-state index in [2.05, 4.69) is 42.2 Å². The van der Waals surface area contributed by atoms with E-state index in [1.807, 2.05) is 6.20 Å². The number of aryl methyl sites for hydroxylation is 1. The summed E-state index contributed by atoms with van der Waals surface area (Å²) in [5.74, 6) is -0.287. The summed E-state index contributed by atoms with van der Waals surface area (Å²) in [4.78, 5) is 0. The normalized spacial score (nSPS) is 10.7. The number of hydrogen-bond donors (Lipinski definition) is 0. The van der Waals surface area contributed by atoms with Crippen LogP contribution in [-0.2, 0) is 6.42 Å². The van der Waals surface area contributed by atoms with Crippen LogP contribution in [-0.4, -0.2) is 20.3 Å². The predicted molar refractivity (Wildman–Crippen MR) is 66.5 cm³/mol. The maximum atomic E-state index is 13.0. The smallest absolute Gasteiger partial charge is 0.137 e. The van der Waals surface area contributed by atoms with E-state index in [0.717, 1.165) is 23.1 Å². The molecule has 1 heterocycles. The molecule has 0 saturated heterocycles. The Kier molecular flexibility index (Phi) is 3.70. The third-order valence-electron chi connectivity index (χ3n) is 2.06. The van der Waals surface area contributed by atoms with Crippen LogP contribution in [0.25, 0.3) is 5.69 Å². The Morgan fingerprint density at radius 3 is 2.88 bits per heavy atom. The molecule has 6 heteroatoms. The molecular weight excluding hydrogens is 341 g/mol. The summed E-state index contributed by atoms with van der Waals surface area (Å²) in [5, 5.41) is 8.83. The molecule has 2 aromatic rings. The van der Waals surface area contributed by atoms with Gasteiger partial charge in [0, 0.05) is 11.8 Å². The number of halogens is 3. The van der Waals surface area contributed by atoms with Gasteiger partial charge < -0.3 is 0 Å². The summed E-state index contributed by atoms with van der Waals surface area (Å²) in [5.41, 5.74) is 1.68. The molecule has 1 aromatic carbocycles. The van der Waals surface area contributed by atoms with Crippen LogP contribution in [0.3, 0.4) is 0 Å². The van der Waals surface area contributed by atoms with Gasteiger partial charge in [-0.25, -0.2) is 9.07 Å². The van der Waals surface area contributed by atoms with Crippen molar-refractivity contribution >= 4 is 31.9 Å². The molecule has 0 fully saturated rings. The van der Waals surface area contributed by atoms with E-state index in [1.54, 1.807) is 16.8 Å². The average molecular weight is 349 g/mol. The monoisotopic (exact) mass is 347 g/mol. The van der Waals surface area contributed by atoms with Crippen LogP contribution < -0.4 is 0 Å². The van der Waals surface area contributed by atoms with Gasteiger partial charge >= 0.3 is 0 Å². The first kappa shape index (κ1) is 11.7. The molecular formula is C10H8Br2FN3. The fourth-order valence-corrected chi connectivity index (χ4v) is 2.04. The van der Waals surface area contributed by atoms with Crippen LogP contribution in [0.15, 0.2) is 28.9 Å². The van der Waals surface area contributed by atoms with Crippen LogP contribution >= 0.6 is 31.9 Å². The first-order valence-electron chi connectivity index (χ1n) is 4.63. The SMILES string of the molecule is Fc1ccc(-n2cc(CCBr)nn2)cc1Br. The highest BCUT2D eigenvalue weighted by Crippen LogP contribution is 2.19. The van der Waals surface area contributed by atoms with Crippen molar-refractivity contribution in [3.63, 3.8) is 0 Å².